The van der Waals surface area contributed by atoms with E-state index in [1.165, 1.54) is 6.92 Å². The van der Waals surface area contributed by atoms with Crippen LogP contribution in [0, 0.1) is 11.6 Å². The molecule has 10 heteroatoms. The second kappa shape index (κ2) is 11.2. The molecular weight excluding hydrogens is 506 g/mol. The summed E-state index contributed by atoms with van der Waals surface area (Å²) in [6.45, 7) is 8.53. The standard InChI is InChI=1S/C29H34F2N4O4/c1-18(32-27(38)25(36)19-14-21(30)16-22(31)15-19)26(37)33-24-17-23(34-35(24)28(2,3)4)29(10-12-39-13-11-29)20-8-6-5-7-9-20/h5-9,14-18,25,36H,10-13H2,1-4H3,(H,32,38)(H,33,37)/t18?,25-/m0/s1. The highest BCUT2D eigenvalue weighted by atomic mass is 19.1. The molecule has 8 nitrogen and oxygen atoms in total. The number of carbonyl (C=O) groups excluding carboxylic acids is 2. The van der Waals surface area contributed by atoms with E-state index in [4.69, 9.17) is 9.84 Å². The number of aromatic nitrogens is 2. The summed E-state index contributed by atoms with van der Waals surface area (Å²) in [7, 11) is 0. The minimum Gasteiger partial charge on any atom is -0.381 e. The van der Waals surface area contributed by atoms with Gasteiger partial charge in [0, 0.05) is 30.8 Å². The van der Waals surface area contributed by atoms with Gasteiger partial charge in [-0.2, -0.15) is 5.10 Å². The lowest BCUT2D eigenvalue weighted by Gasteiger charge is -2.36. The summed E-state index contributed by atoms with van der Waals surface area (Å²) in [6, 6.07) is 13.3. The molecule has 2 heterocycles. The van der Waals surface area contributed by atoms with Crippen molar-refractivity contribution in [2.24, 2.45) is 0 Å². The van der Waals surface area contributed by atoms with Crippen molar-refractivity contribution in [3.8, 4) is 0 Å². The first-order chi connectivity index (χ1) is 18.4. The van der Waals surface area contributed by atoms with Crippen molar-refractivity contribution in [1.29, 1.82) is 0 Å². The molecule has 1 aromatic heterocycles. The van der Waals surface area contributed by atoms with Crippen LogP contribution in [0.25, 0.3) is 0 Å². The number of amides is 2. The van der Waals surface area contributed by atoms with Crippen molar-refractivity contribution in [2.45, 2.75) is 63.6 Å². The molecule has 0 bridgehead atoms. The average Bonchev–Trinajstić information content (AvgIpc) is 3.33. The molecule has 2 amide bonds. The molecule has 0 spiro atoms. The van der Waals surface area contributed by atoms with Gasteiger partial charge in [-0.3, -0.25) is 9.59 Å². The highest BCUT2D eigenvalue weighted by Crippen LogP contribution is 2.42. The highest BCUT2D eigenvalue weighted by Gasteiger charge is 2.40. The number of nitrogens with zero attached hydrogens (tertiary/aromatic N) is 2. The number of anilines is 1. The van der Waals surface area contributed by atoms with Gasteiger partial charge < -0.3 is 20.5 Å². The number of halogens is 2. The van der Waals surface area contributed by atoms with E-state index in [1.807, 2.05) is 45.0 Å². The lowest BCUT2D eigenvalue weighted by Crippen LogP contribution is -2.44. The fourth-order valence-corrected chi connectivity index (χ4v) is 4.86. The second-order valence-electron chi connectivity index (χ2n) is 10.9. The van der Waals surface area contributed by atoms with Gasteiger partial charge in [-0.15, -0.1) is 0 Å². The Bertz CT molecular complexity index is 1310. The summed E-state index contributed by atoms with van der Waals surface area (Å²) in [5, 5.41) is 20.5. The van der Waals surface area contributed by atoms with Crippen LogP contribution < -0.4 is 10.6 Å². The fraction of sp³-hybridized carbons (Fsp3) is 0.414. The number of nitrogens with one attached hydrogen (secondary N) is 2. The number of aliphatic hydroxyl groups excluding tert-OH is 1. The van der Waals surface area contributed by atoms with Gasteiger partial charge in [0.2, 0.25) is 5.91 Å². The third-order valence-corrected chi connectivity index (χ3v) is 6.96. The Balaban J connectivity index is 1.57. The van der Waals surface area contributed by atoms with E-state index in [1.54, 1.807) is 4.68 Å². The van der Waals surface area contributed by atoms with Crippen LogP contribution in [0.3, 0.4) is 0 Å². The molecular formula is C29H34F2N4O4. The largest absolute Gasteiger partial charge is 0.381 e. The van der Waals surface area contributed by atoms with Gasteiger partial charge in [-0.05, 0) is 63.8 Å². The third-order valence-electron chi connectivity index (χ3n) is 6.96. The second-order valence-corrected chi connectivity index (χ2v) is 10.9. The van der Waals surface area contributed by atoms with E-state index >= 15 is 0 Å². The Morgan fingerprint density at radius 3 is 2.23 bits per heavy atom. The first-order valence-corrected chi connectivity index (χ1v) is 12.9. The first kappa shape index (κ1) is 28.4. The van der Waals surface area contributed by atoms with Crippen molar-refractivity contribution < 1.29 is 28.2 Å². The normalized spacial score (nSPS) is 16.8. The Hall–Kier alpha value is -3.63. The van der Waals surface area contributed by atoms with E-state index in [9.17, 15) is 23.5 Å². The molecule has 1 unspecified atom stereocenters. The van der Waals surface area contributed by atoms with Gasteiger partial charge in [0.05, 0.1) is 11.2 Å². The van der Waals surface area contributed by atoms with Gasteiger partial charge >= 0.3 is 0 Å². The van der Waals surface area contributed by atoms with E-state index in [0.29, 0.717) is 25.1 Å². The lowest BCUT2D eigenvalue weighted by molar-refractivity contribution is -0.132. The van der Waals surface area contributed by atoms with Crippen LogP contribution in [0.5, 0.6) is 0 Å². The average molecular weight is 541 g/mol. The molecule has 1 aliphatic rings. The van der Waals surface area contributed by atoms with E-state index in [-0.39, 0.29) is 11.0 Å². The molecule has 0 saturated carbocycles. The van der Waals surface area contributed by atoms with E-state index < -0.39 is 41.1 Å². The maximum absolute atomic E-state index is 13.5. The molecule has 1 fully saturated rings. The number of carbonyl (C=O) groups is 2. The number of rotatable bonds is 7. The molecule has 1 saturated heterocycles. The SMILES string of the molecule is CC(NC(=O)[C@@H](O)c1cc(F)cc(F)c1)C(=O)Nc1cc(C2(c3ccccc3)CCOCC2)nn1C(C)(C)C. The van der Waals surface area contributed by atoms with Gasteiger partial charge in [0.1, 0.15) is 23.5 Å². The summed E-state index contributed by atoms with van der Waals surface area (Å²) in [4.78, 5) is 25.7. The summed E-state index contributed by atoms with van der Waals surface area (Å²) in [5.74, 6) is -2.90. The van der Waals surface area contributed by atoms with Crippen LogP contribution in [-0.4, -0.2) is 46.0 Å². The van der Waals surface area contributed by atoms with Gasteiger partial charge in [0.25, 0.3) is 5.91 Å². The quantitative estimate of drug-likeness (QED) is 0.417. The maximum atomic E-state index is 13.5. The first-order valence-electron chi connectivity index (χ1n) is 12.9. The molecule has 0 aliphatic carbocycles. The Morgan fingerprint density at radius 2 is 1.64 bits per heavy atom. The molecule has 1 aliphatic heterocycles. The van der Waals surface area contributed by atoms with Crippen LogP contribution in [0.1, 0.15) is 63.5 Å². The molecule has 208 valence electrons. The molecule has 3 N–H and O–H groups in total. The zero-order valence-corrected chi connectivity index (χ0v) is 22.5. The van der Waals surface area contributed by atoms with Gasteiger partial charge in [0.15, 0.2) is 6.10 Å². The summed E-state index contributed by atoms with van der Waals surface area (Å²) in [5.41, 5.74) is 0.805. The van der Waals surface area contributed by atoms with Crippen LogP contribution in [0.15, 0.2) is 54.6 Å². The van der Waals surface area contributed by atoms with Crippen molar-refractivity contribution in [2.75, 3.05) is 18.5 Å². The molecule has 4 rings (SSSR count). The van der Waals surface area contributed by atoms with Crippen LogP contribution in [0.4, 0.5) is 14.6 Å². The molecule has 0 radical (unpaired) electrons. The summed E-state index contributed by atoms with van der Waals surface area (Å²) < 4.78 is 34.5. The highest BCUT2D eigenvalue weighted by molar-refractivity contribution is 5.97. The van der Waals surface area contributed by atoms with Crippen molar-refractivity contribution in [1.82, 2.24) is 15.1 Å². The molecule has 2 atom stereocenters. The predicted octanol–water partition coefficient (Wildman–Crippen LogP) is 4.19. The lowest BCUT2D eigenvalue weighted by atomic mass is 9.72. The Kier molecular flexibility index (Phi) is 8.17. The topological polar surface area (TPSA) is 105 Å². The van der Waals surface area contributed by atoms with Crippen LogP contribution in [-0.2, 0) is 25.3 Å². The maximum Gasteiger partial charge on any atom is 0.254 e. The minimum absolute atomic E-state index is 0.254. The molecule has 3 aromatic rings. The van der Waals surface area contributed by atoms with E-state index in [0.717, 1.165) is 36.2 Å². The van der Waals surface area contributed by atoms with Crippen molar-refractivity contribution in [3.63, 3.8) is 0 Å². The van der Waals surface area contributed by atoms with Gasteiger partial charge in [-0.25, -0.2) is 13.5 Å². The smallest absolute Gasteiger partial charge is 0.254 e. The van der Waals surface area contributed by atoms with E-state index in [2.05, 4.69) is 22.8 Å². The zero-order valence-electron chi connectivity index (χ0n) is 22.5. The predicted molar refractivity (Wildman–Crippen MR) is 142 cm³/mol. The molecule has 39 heavy (non-hydrogen) atoms. The summed E-state index contributed by atoms with van der Waals surface area (Å²) in [6.07, 6.45) is -0.385. The number of aliphatic hydroxyl groups is 1. The van der Waals surface area contributed by atoms with Crippen LogP contribution >= 0.6 is 0 Å². The van der Waals surface area contributed by atoms with Crippen molar-refractivity contribution >= 4 is 17.6 Å². The molecule has 2 aromatic carbocycles. The zero-order chi connectivity index (χ0) is 28.4. The number of benzene rings is 2. The number of ether oxygens (including phenoxy) is 1. The third kappa shape index (κ3) is 6.17. The van der Waals surface area contributed by atoms with Gasteiger partial charge in [-0.1, -0.05) is 30.3 Å². The fourth-order valence-electron chi connectivity index (χ4n) is 4.86. The van der Waals surface area contributed by atoms with Crippen LogP contribution in [0.2, 0.25) is 0 Å². The number of hydrogen-bond donors (Lipinski definition) is 3. The van der Waals surface area contributed by atoms with Crippen molar-refractivity contribution in [3.05, 3.63) is 83.1 Å². The monoisotopic (exact) mass is 540 g/mol. The minimum atomic E-state index is -1.85. The Morgan fingerprint density at radius 1 is 1.03 bits per heavy atom. The summed E-state index contributed by atoms with van der Waals surface area (Å²) >= 11 is 0. The number of hydrogen-bond acceptors (Lipinski definition) is 5. The Labute approximate surface area is 226 Å².